The summed E-state index contributed by atoms with van der Waals surface area (Å²) in [6.45, 7) is 1.59. The van der Waals surface area contributed by atoms with Gasteiger partial charge in [0.2, 0.25) is 5.16 Å². The van der Waals surface area contributed by atoms with E-state index in [0.29, 0.717) is 0 Å². The fourth-order valence-electron chi connectivity index (χ4n) is 2.97. The fourth-order valence-corrected chi connectivity index (χ4v) is 3.81. The van der Waals surface area contributed by atoms with E-state index >= 15 is 0 Å². The highest BCUT2D eigenvalue weighted by Crippen LogP contribution is 2.24. The van der Waals surface area contributed by atoms with Crippen molar-refractivity contribution in [2.45, 2.75) is 36.4 Å². The molecule has 2 aromatic carbocycles. The first-order chi connectivity index (χ1) is 12.4. The Balaban J connectivity index is 1.38. The van der Waals surface area contributed by atoms with E-state index in [0.717, 1.165) is 36.9 Å². The van der Waals surface area contributed by atoms with E-state index in [1.165, 1.54) is 16.7 Å². The summed E-state index contributed by atoms with van der Waals surface area (Å²) in [6.07, 6.45) is 2.46. The third-order valence-corrected chi connectivity index (χ3v) is 5.36. The van der Waals surface area contributed by atoms with Gasteiger partial charge in [0.15, 0.2) is 0 Å². The molecule has 0 N–H and O–H groups in total. The van der Waals surface area contributed by atoms with Crippen LogP contribution in [-0.4, -0.2) is 32.9 Å². The number of thioether (sulfide) groups is 1. The van der Waals surface area contributed by atoms with Crippen molar-refractivity contribution < 1.29 is 4.74 Å². The monoisotopic (exact) mass is 352 g/mol. The van der Waals surface area contributed by atoms with Gasteiger partial charge in [-0.15, -0.1) is 5.10 Å². The molecule has 6 heteroatoms. The minimum Gasteiger partial charge on any atom is -0.376 e. The maximum absolute atomic E-state index is 5.67. The van der Waals surface area contributed by atoms with Crippen LogP contribution in [-0.2, 0) is 17.0 Å². The lowest BCUT2D eigenvalue weighted by molar-refractivity contribution is 0.0912. The Kier molecular flexibility index (Phi) is 5.09. The van der Waals surface area contributed by atoms with Gasteiger partial charge in [0.05, 0.1) is 12.6 Å². The quantitative estimate of drug-likeness (QED) is 0.632. The number of benzene rings is 2. The first-order valence-electron chi connectivity index (χ1n) is 8.53. The molecule has 128 valence electrons. The molecule has 5 nitrogen and oxygen atoms in total. The summed E-state index contributed by atoms with van der Waals surface area (Å²) < 4.78 is 7.53. The van der Waals surface area contributed by atoms with E-state index in [1.54, 1.807) is 11.8 Å². The largest absolute Gasteiger partial charge is 0.376 e. The van der Waals surface area contributed by atoms with Gasteiger partial charge < -0.3 is 4.74 Å². The van der Waals surface area contributed by atoms with Crippen LogP contribution < -0.4 is 0 Å². The summed E-state index contributed by atoms with van der Waals surface area (Å²) in [5, 5.41) is 12.9. The third kappa shape index (κ3) is 4.08. The van der Waals surface area contributed by atoms with Crippen LogP contribution >= 0.6 is 11.8 Å². The van der Waals surface area contributed by atoms with Crippen molar-refractivity contribution in [2.24, 2.45) is 0 Å². The molecule has 0 saturated carbocycles. The topological polar surface area (TPSA) is 52.8 Å². The molecule has 0 spiro atoms. The molecule has 0 radical (unpaired) electrons. The highest BCUT2D eigenvalue weighted by Gasteiger charge is 2.18. The molecule has 25 heavy (non-hydrogen) atoms. The molecule has 0 amide bonds. The zero-order chi connectivity index (χ0) is 16.9. The molecular formula is C19H20N4OS. The van der Waals surface area contributed by atoms with Gasteiger partial charge in [0.1, 0.15) is 0 Å². The number of tetrazole rings is 1. The Morgan fingerprint density at radius 3 is 2.60 bits per heavy atom. The molecular weight excluding hydrogens is 332 g/mol. The summed E-state index contributed by atoms with van der Waals surface area (Å²) in [5.41, 5.74) is 3.73. The lowest BCUT2D eigenvalue weighted by Gasteiger charge is -2.10. The Morgan fingerprint density at radius 1 is 1.04 bits per heavy atom. The minimum atomic E-state index is 0.244. The van der Waals surface area contributed by atoms with Crippen molar-refractivity contribution in [2.75, 3.05) is 6.61 Å². The van der Waals surface area contributed by atoms with Crippen molar-refractivity contribution in [3.63, 3.8) is 0 Å². The maximum Gasteiger partial charge on any atom is 0.209 e. The number of aromatic nitrogens is 4. The van der Waals surface area contributed by atoms with Gasteiger partial charge >= 0.3 is 0 Å². The van der Waals surface area contributed by atoms with Crippen molar-refractivity contribution in [3.8, 4) is 11.1 Å². The van der Waals surface area contributed by atoms with E-state index in [4.69, 9.17) is 4.74 Å². The van der Waals surface area contributed by atoms with Crippen LogP contribution in [0.4, 0.5) is 0 Å². The minimum absolute atomic E-state index is 0.244. The Bertz CT molecular complexity index is 798. The van der Waals surface area contributed by atoms with Crippen molar-refractivity contribution in [3.05, 3.63) is 60.2 Å². The van der Waals surface area contributed by atoms with Gasteiger partial charge in [0.25, 0.3) is 0 Å². The van der Waals surface area contributed by atoms with Crippen molar-refractivity contribution in [1.29, 1.82) is 0 Å². The summed E-state index contributed by atoms with van der Waals surface area (Å²) >= 11 is 1.66. The molecule has 1 atom stereocenters. The molecule has 1 aliphatic rings. The van der Waals surface area contributed by atoms with E-state index in [9.17, 15) is 0 Å². The standard InChI is InChI=1S/C19H20N4OS/c1-2-5-16(6-3-1)17-10-8-15(9-11-17)14-25-19-20-21-22-23(19)13-18-7-4-12-24-18/h1-3,5-6,8-11,18H,4,7,12-14H2/t18-/m0/s1. The lowest BCUT2D eigenvalue weighted by atomic mass is 10.0. The summed E-state index contributed by atoms with van der Waals surface area (Å²) in [4.78, 5) is 0. The van der Waals surface area contributed by atoms with E-state index in [-0.39, 0.29) is 6.10 Å². The molecule has 0 bridgehead atoms. The van der Waals surface area contributed by atoms with Crippen LogP contribution in [0.15, 0.2) is 59.8 Å². The van der Waals surface area contributed by atoms with Gasteiger partial charge in [-0.05, 0) is 40.0 Å². The van der Waals surface area contributed by atoms with Crippen LogP contribution in [0, 0.1) is 0 Å². The van der Waals surface area contributed by atoms with Crippen molar-refractivity contribution in [1.82, 2.24) is 20.2 Å². The molecule has 1 saturated heterocycles. The summed E-state index contributed by atoms with van der Waals surface area (Å²) in [6, 6.07) is 19.1. The van der Waals surface area contributed by atoms with Gasteiger partial charge in [0, 0.05) is 12.4 Å². The Morgan fingerprint density at radius 2 is 1.84 bits per heavy atom. The third-order valence-electron chi connectivity index (χ3n) is 4.33. The van der Waals surface area contributed by atoms with Gasteiger partial charge in [-0.1, -0.05) is 66.4 Å². The summed E-state index contributed by atoms with van der Waals surface area (Å²) in [5.74, 6) is 0.848. The second kappa shape index (κ2) is 7.80. The average molecular weight is 352 g/mol. The Hall–Kier alpha value is -2.18. The van der Waals surface area contributed by atoms with Crippen LogP contribution in [0.2, 0.25) is 0 Å². The predicted molar refractivity (Wildman–Crippen MR) is 98.2 cm³/mol. The molecule has 2 heterocycles. The highest BCUT2D eigenvalue weighted by molar-refractivity contribution is 7.98. The second-order valence-electron chi connectivity index (χ2n) is 6.13. The normalized spacial score (nSPS) is 17.0. The van der Waals surface area contributed by atoms with Crippen LogP contribution in [0.5, 0.6) is 0 Å². The molecule has 4 rings (SSSR count). The number of rotatable bonds is 6. The van der Waals surface area contributed by atoms with Crippen molar-refractivity contribution >= 4 is 11.8 Å². The smallest absolute Gasteiger partial charge is 0.209 e. The van der Waals surface area contributed by atoms with E-state index < -0.39 is 0 Å². The maximum atomic E-state index is 5.67. The molecule has 0 aliphatic carbocycles. The molecule has 0 unspecified atom stereocenters. The number of ether oxygens (including phenoxy) is 1. The predicted octanol–water partition coefficient (Wildman–Crippen LogP) is 3.81. The first-order valence-corrected chi connectivity index (χ1v) is 9.52. The lowest BCUT2D eigenvalue weighted by Crippen LogP contribution is -2.16. The van der Waals surface area contributed by atoms with E-state index in [1.807, 2.05) is 10.7 Å². The number of hydrogen-bond donors (Lipinski definition) is 0. The van der Waals surface area contributed by atoms with E-state index in [2.05, 4.69) is 64.1 Å². The highest BCUT2D eigenvalue weighted by atomic mass is 32.2. The zero-order valence-corrected chi connectivity index (χ0v) is 14.7. The number of nitrogens with zero attached hydrogens (tertiary/aromatic N) is 4. The van der Waals surface area contributed by atoms with Crippen LogP contribution in [0.3, 0.4) is 0 Å². The second-order valence-corrected chi connectivity index (χ2v) is 7.07. The van der Waals surface area contributed by atoms with Crippen LogP contribution in [0.25, 0.3) is 11.1 Å². The van der Waals surface area contributed by atoms with Gasteiger partial charge in [-0.2, -0.15) is 0 Å². The molecule has 1 aliphatic heterocycles. The molecule has 1 aromatic heterocycles. The van der Waals surface area contributed by atoms with Crippen LogP contribution in [0.1, 0.15) is 18.4 Å². The molecule has 1 fully saturated rings. The zero-order valence-electron chi connectivity index (χ0n) is 13.9. The SMILES string of the molecule is c1ccc(-c2ccc(CSc3nnnn3C[C@@H]3CCCO3)cc2)cc1. The summed E-state index contributed by atoms with van der Waals surface area (Å²) in [7, 11) is 0. The average Bonchev–Trinajstić information content (AvgIpc) is 3.34. The Labute approximate surface area is 151 Å². The fraction of sp³-hybridized carbons (Fsp3) is 0.316. The number of hydrogen-bond acceptors (Lipinski definition) is 5. The first kappa shape index (κ1) is 16.3. The van der Waals surface area contributed by atoms with Gasteiger partial charge in [-0.3, -0.25) is 0 Å². The molecule has 3 aromatic rings. The van der Waals surface area contributed by atoms with Gasteiger partial charge in [-0.25, -0.2) is 4.68 Å².